The second-order valence-electron chi connectivity index (χ2n) is 6.91. The number of amides is 1. The Hall–Kier alpha value is -4.22. The number of hydrogen-bond acceptors (Lipinski definition) is 10. The molecule has 0 unspecified atom stereocenters. The van der Waals surface area contributed by atoms with E-state index < -0.39 is 11.9 Å². The molecule has 2 aromatic heterocycles. The lowest BCUT2D eigenvalue weighted by atomic mass is 10.1. The molecule has 1 aliphatic heterocycles. The number of hydrogen-bond donors (Lipinski definition) is 1. The number of methoxy groups -OCH3 is 1. The molecule has 1 aliphatic rings. The maximum Gasteiger partial charge on any atom is 0.349 e. The van der Waals surface area contributed by atoms with E-state index in [1.54, 1.807) is 0 Å². The maximum absolute atomic E-state index is 13.3. The van der Waals surface area contributed by atoms with Gasteiger partial charge in [-0.2, -0.15) is 15.2 Å². The summed E-state index contributed by atoms with van der Waals surface area (Å²) in [6.45, 7) is 0. The van der Waals surface area contributed by atoms with Gasteiger partial charge in [0.2, 0.25) is 10.3 Å². The van der Waals surface area contributed by atoms with Crippen LogP contribution in [0.25, 0.3) is 11.3 Å². The van der Waals surface area contributed by atoms with Crippen molar-refractivity contribution in [2.45, 2.75) is 0 Å². The number of nitrogens with one attached hydrogen (secondary N) is 1. The first-order valence-corrected chi connectivity index (χ1v) is 11.7. The lowest BCUT2D eigenvalue weighted by Crippen LogP contribution is -2.28. The lowest BCUT2D eigenvalue weighted by Gasteiger charge is -2.06. The van der Waals surface area contributed by atoms with Crippen molar-refractivity contribution in [3.63, 3.8) is 0 Å². The summed E-state index contributed by atoms with van der Waals surface area (Å²) in [5.74, 6) is -0.920. The number of hydrazone groups is 2. The second kappa shape index (κ2) is 9.33. The van der Waals surface area contributed by atoms with Crippen LogP contribution in [0.15, 0.2) is 82.4 Å². The van der Waals surface area contributed by atoms with Crippen molar-refractivity contribution >= 4 is 56.2 Å². The molecule has 4 aromatic rings. The highest BCUT2D eigenvalue weighted by Crippen LogP contribution is 2.30. The Morgan fingerprint density at radius 1 is 1.06 bits per heavy atom. The summed E-state index contributed by atoms with van der Waals surface area (Å²) in [6.07, 6.45) is 1.38. The van der Waals surface area contributed by atoms with Gasteiger partial charge in [-0.3, -0.25) is 10.2 Å². The summed E-state index contributed by atoms with van der Waals surface area (Å²) in [5, 5.41) is 12.7. The minimum absolute atomic E-state index is 0.109. The summed E-state index contributed by atoms with van der Waals surface area (Å²) in [6, 6.07) is 19.0. The zero-order chi connectivity index (χ0) is 23.5. The van der Waals surface area contributed by atoms with E-state index in [0.717, 1.165) is 28.2 Å². The summed E-state index contributed by atoms with van der Waals surface area (Å²) in [5.41, 5.74) is 5.71. The number of thiazole rings is 2. The third-order valence-corrected chi connectivity index (χ3v) is 6.46. The molecule has 1 N–H and O–H groups in total. The molecule has 9 nitrogen and oxygen atoms in total. The number of anilines is 2. The van der Waals surface area contributed by atoms with Crippen LogP contribution in [-0.2, 0) is 9.53 Å². The fourth-order valence-electron chi connectivity index (χ4n) is 3.14. The van der Waals surface area contributed by atoms with E-state index in [4.69, 9.17) is 4.74 Å². The quantitative estimate of drug-likeness (QED) is 0.321. The Morgan fingerprint density at radius 3 is 2.47 bits per heavy atom. The van der Waals surface area contributed by atoms with Gasteiger partial charge < -0.3 is 4.74 Å². The fourth-order valence-corrected chi connectivity index (χ4v) is 4.60. The molecule has 3 heterocycles. The van der Waals surface area contributed by atoms with Crippen LogP contribution in [0.4, 0.5) is 10.3 Å². The standard InChI is InChI=1S/C23H16N6O3S2/c1-32-21(31)17-12-24-22(34-17)27-26-19-18(15-10-6-3-7-11-15)28-29(20(19)30)23-25-16(13-33-23)14-8-4-2-5-9-14/h2-13H,1H3,(H,24,27)/b26-19+. The zero-order valence-electron chi connectivity index (χ0n) is 17.7. The molecule has 2 aromatic carbocycles. The first kappa shape index (κ1) is 21.6. The third-order valence-electron chi connectivity index (χ3n) is 4.76. The summed E-state index contributed by atoms with van der Waals surface area (Å²) < 4.78 is 4.70. The molecule has 1 amide bonds. The molecule has 0 saturated heterocycles. The molecule has 0 radical (unpaired) electrons. The van der Waals surface area contributed by atoms with Crippen LogP contribution in [0.1, 0.15) is 15.2 Å². The summed E-state index contributed by atoms with van der Waals surface area (Å²) >= 11 is 2.38. The van der Waals surface area contributed by atoms with Gasteiger partial charge in [-0.1, -0.05) is 72.0 Å². The van der Waals surface area contributed by atoms with Crippen molar-refractivity contribution in [1.29, 1.82) is 0 Å². The van der Waals surface area contributed by atoms with Crippen LogP contribution >= 0.6 is 22.7 Å². The highest BCUT2D eigenvalue weighted by atomic mass is 32.1. The Balaban J connectivity index is 1.47. The highest BCUT2D eigenvalue weighted by Gasteiger charge is 2.35. The first-order valence-electron chi connectivity index (χ1n) is 10.0. The minimum atomic E-state index is -0.495. The molecule has 0 atom stereocenters. The number of benzene rings is 2. The number of carbonyl (C=O) groups is 2. The Bertz CT molecular complexity index is 1410. The van der Waals surface area contributed by atoms with Crippen molar-refractivity contribution in [2.24, 2.45) is 10.2 Å². The van der Waals surface area contributed by atoms with Crippen LogP contribution in [0, 0.1) is 0 Å². The van der Waals surface area contributed by atoms with Gasteiger partial charge in [0.25, 0.3) is 0 Å². The number of esters is 1. The predicted molar refractivity (Wildman–Crippen MR) is 133 cm³/mol. The number of rotatable bonds is 6. The van der Waals surface area contributed by atoms with Gasteiger partial charge in [-0.25, -0.2) is 14.8 Å². The molecular weight excluding hydrogens is 472 g/mol. The van der Waals surface area contributed by atoms with Crippen LogP contribution in [0.2, 0.25) is 0 Å². The topological polar surface area (TPSA) is 109 Å². The van der Waals surface area contributed by atoms with E-state index in [0.29, 0.717) is 20.9 Å². The zero-order valence-corrected chi connectivity index (χ0v) is 19.3. The van der Waals surface area contributed by atoms with E-state index in [-0.39, 0.29) is 5.71 Å². The molecule has 0 fully saturated rings. The van der Waals surface area contributed by atoms with E-state index in [9.17, 15) is 9.59 Å². The second-order valence-corrected chi connectivity index (χ2v) is 8.77. The predicted octanol–water partition coefficient (Wildman–Crippen LogP) is 4.27. The molecule has 168 valence electrons. The van der Waals surface area contributed by atoms with Crippen LogP contribution < -0.4 is 10.4 Å². The normalized spacial score (nSPS) is 14.4. The van der Waals surface area contributed by atoms with Crippen LogP contribution in [-0.4, -0.2) is 40.4 Å². The molecule has 0 saturated carbocycles. The number of carbonyl (C=O) groups excluding carboxylic acids is 2. The highest BCUT2D eigenvalue weighted by molar-refractivity contribution is 7.17. The number of nitrogens with zero attached hydrogens (tertiary/aromatic N) is 5. The van der Waals surface area contributed by atoms with Gasteiger partial charge in [0, 0.05) is 16.5 Å². The molecule has 0 bridgehead atoms. The van der Waals surface area contributed by atoms with Crippen molar-refractivity contribution in [1.82, 2.24) is 9.97 Å². The summed E-state index contributed by atoms with van der Waals surface area (Å²) in [7, 11) is 1.30. The van der Waals surface area contributed by atoms with Crippen LogP contribution in [0.5, 0.6) is 0 Å². The summed E-state index contributed by atoms with van der Waals surface area (Å²) in [4.78, 5) is 34.0. The SMILES string of the molecule is COC(=O)c1cnc(N/N=C2/C(=O)N(c3nc(-c4ccccc4)cs3)N=C2c2ccccc2)s1. The van der Waals surface area contributed by atoms with Gasteiger partial charge >= 0.3 is 11.9 Å². The van der Waals surface area contributed by atoms with Gasteiger partial charge in [-0.15, -0.1) is 11.3 Å². The van der Waals surface area contributed by atoms with Crippen molar-refractivity contribution in [3.05, 3.63) is 82.7 Å². The molecule has 0 aliphatic carbocycles. The average molecular weight is 489 g/mol. The van der Waals surface area contributed by atoms with Gasteiger partial charge in [-0.05, 0) is 0 Å². The Kier molecular flexibility index (Phi) is 5.93. The van der Waals surface area contributed by atoms with Gasteiger partial charge in [0.05, 0.1) is 19.0 Å². The minimum Gasteiger partial charge on any atom is -0.465 e. The molecule has 34 heavy (non-hydrogen) atoms. The molecule has 5 rings (SSSR count). The van der Waals surface area contributed by atoms with Crippen molar-refractivity contribution < 1.29 is 14.3 Å². The first-order chi connectivity index (χ1) is 16.6. The smallest absolute Gasteiger partial charge is 0.349 e. The number of aromatic nitrogens is 2. The van der Waals surface area contributed by atoms with Crippen LogP contribution in [0.3, 0.4) is 0 Å². The van der Waals surface area contributed by atoms with Crippen molar-refractivity contribution in [3.8, 4) is 11.3 Å². The van der Waals surface area contributed by atoms with E-state index in [2.05, 4.69) is 25.6 Å². The van der Waals surface area contributed by atoms with E-state index in [1.165, 1.54) is 29.7 Å². The average Bonchev–Trinajstić information content (AvgIpc) is 3.62. The van der Waals surface area contributed by atoms with Gasteiger partial charge in [0.15, 0.2) is 5.71 Å². The number of ether oxygens (including phenoxy) is 1. The largest absolute Gasteiger partial charge is 0.465 e. The lowest BCUT2D eigenvalue weighted by molar-refractivity contribution is -0.112. The molecule has 11 heteroatoms. The maximum atomic E-state index is 13.3. The van der Waals surface area contributed by atoms with E-state index in [1.807, 2.05) is 66.0 Å². The fraction of sp³-hybridized carbons (Fsp3) is 0.0435. The third kappa shape index (κ3) is 4.21. The Morgan fingerprint density at radius 2 is 1.76 bits per heavy atom. The van der Waals surface area contributed by atoms with Gasteiger partial charge in [0.1, 0.15) is 10.6 Å². The van der Waals surface area contributed by atoms with Crippen molar-refractivity contribution in [2.75, 3.05) is 17.5 Å². The molecule has 0 spiro atoms. The molecular formula is C23H16N6O3S2. The monoisotopic (exact) mass is 488 g/mol. The Labute approximate surface area is 202 Å². The van der Waals surface area contributed by atoms with E-state index >= 15 is 0 Å².